The molecule has 0 radical (unpaired) electrons. The predicted octanol–water partition coefficient (Wildman–Crippen LogP) is 10.4. The second-order valence-corrected chi connectivity index (χ2v) is 36.1. The molecule has 4 aromatic carbocycles. The second-order valence-electron chi connectivity index (χ2n) is 23.3. The van der Waals surface area contributed by atoms with Crippen molar-refractivity contribution in [2.24, 2.45) is 0 Å². The van der Waals surface area contributed by atoms with Crippen molar-refractivity contribution in [3.63, 3.8) is 0 Å². The summed E-state index contributed by atoms with van der Waals surface area (Å²) in [4.78, 5) is -0.295. The van der Waals surface area contributed by atoms with Crippen molar-refractivity contribution in [3.8, 4) is 5.75 Å². The zero-order valence-electron chi connectivity index (χ0n) is 48.6. The van der Waals surface area contributed by atoms with Crippen LogP contribution in [0.1, 0.15) is 79.0 Å². The van der Waals surface area contributed by atoms with Crippen molar-refractivity contribution >= 4 is 36.1 Å². The SMILES string of the molecule is COC[C@H]1O[C@@H](O[C@@H]2OC[C@H](O[C@H]3OC[C@@H](OCc4ccc(OC)cc4)[C@H](O[Si](C)(C)C(C)(C)C)[C@@H]3[Se]c3ccccc3)[C@@H](O)[C@H]2OCc2ccccc2)[C@@H](OC)[C@@H](OCc2ccccc2)[C@@H]1O[Si](C(C)C)(C(C)C)C(C)C. The molecule has 1 N–H and O–H groups in total. The van der Waals surface area contributed by atoms with Gasteiger partial charge in [0.25, 0.3) is 0 Å². The number of methoxy groups -OCH3 is 3. The van der Waals surface area contributed by atoms with Gasteiger partial charge >= 0.3 is 351 Å². The number of aliphatic hydroxyl groups is 1. The number of hydrogen-bond acceptors (Lipinski definition) is 14. The molecule has 3 fully saturated rings. The summed E-state index contributed by atoms with van der Waals surface area (Å²) in [5.41, 5.74) is 3.76. The van der Waals surface area contributed by atoms with Crippen LogP contribution in [0.2, 0.25) is 39.6 Å². The van der Waals surface area contributed by atoms with Crippen molar-refractivity contribution < 1.29 is 66.1 Å². The first-order chi connectivity index (χ1) is 37.3. The Morgan fingerprint density at radius 3 is 1.64 bits per heavy atom. The molecule has 7 rings (SSSR count). The maximum absolute atomic E-state index is 12.8. The van der Waals surface area contributed by atoms with E-state index < -0.39 is 90.4 Å². The summed E-state index contributed by atoms with van der Waals surface area (Å²) in [6.07, 6.45) is -9.70. The number of rotatable bonds is 26. The smallest absolute Gasteiger partial charge is 0.408 e. The van der Waals surface area contributed by atoms with Crippen molar-refractivity contribution in [1.29, 1.82) is 0 Å². The van der Waals surface area contributed by atoms with Gasteiger partial charge in [-0.1, -0.05) is 71.9 Å². The fourth-order valence-electron chi connectivity index (χ4n) is 10.9. The van der Waals surface area contributed by atoms with E-state index in [0.29, 0.717) is 13.2 Å². The zero-order valence-corrected chi connectivity index (χ0v) is 52.3. The van der Waals surface area contributed by atoms with E-state index in [1.165, 1.54) is 0 Å². The van der Waals surface area contributed by atoms with Gasteiger partial charge in [-0.2, -0.15) is 0 Å². The molecular formula is C61H90O14SeSi2. The summed E-state index contributed by atoms with van der Waals surface area (Å²) in [5.74, 6) is 0.778. The van der Waals surface area contributed by atoms with Gasteiger partial charge in [-0.3, -0.25) is 0 Å². The quantitative estimate of drug-likeness (QED) is 0.0597. The van der Waals surface area contributed by atoms with Crippen LogP contribution in [0, 0.1) is 0 Å². The zero-order chi connectivity index (χ0) is 56.2. The van der Waals surface area contributed by atoms with Crippen LogP contribution >= 0.6 is 0 Å². The van der Waals surface area contributed by atoms with E-state index in [1.54, 1.807) is 21.3 Å². The minimum absolute atomic E-state index is 0.0517. The van der Waals surface area contributed by atoms with Crippen LogP contribution < -0.4 is 9.20 Å². The Balaban J connectivity index is 1.19. The van der Waals surface area contributed by atoms with Crippen LogP contribution in [0.3, 0.4) is 0 Å². The Morgan fingerprint density at radius 1 is 0.577 bits per heavy atom. The van der Waals surface area contributed by atoms with Crippen LogP contribution in [0.25, 0.3) is 0 Å². The Bertz CT molecular complexity index is 2320. The van der Waals surface area contributed by atoms with Crippen LogP contribution in [0.4, 0.5) is 0 Å². The van der Waals surface area contributed by atoms with Gasteiger partial charge in [-0.05, 0) is 22.2 Å². The van der Waals surface area contributed by atoms with Crippen molar-refractivity contribution in [2.45, 2.75) is 196 Å². The molecule has 3 heterocycles. The van der Waals surface area contributed by atoms with E-state index in [-0.39, 0.29) is 67.9 Å². The number of benzene rings is 4. The van der Waals surface area contributed by atoms with Gasteiger partial charge in [0, 0.05) is 7.11 Å². The van der Waals surface area contributed by atoms with Gasteiger partial charge in [0.1, 0.15) is 0 Å². The van der Waals surface area contributed by atoms with Gasteiger partial charge in [-0.15, -0.1) is 0 Å². The average molecular weight is 1180 g/mol. The van der Waals surface area contributed by atoms with E-state index in [4.69, 9.17) is 61.0 Å². The van der Waals surface area contributed by atoms with Crippen molar-refractivity contribution in [1.82, 2.24) is 0 Å². The average Bonchev–Trinajstić information content (AvgIpc) is 3.47. The van der Waals surface area contributed by atoms with Crippen LogP contribution in [-0.4, -0.2) is 152 Å². The summed E-state index contributed by atoms with van der Waals surface area (Å²) in [5, 5.41) is 12.7. The third-order valence-corrected chi connectivity index (χ3v) is 29.4. The van der Waals surface area contributed by atoms with Gasteiger partial charge in [0.15, 0.2) is 0 Å². The van der Waals surface area contributed by atoms with E-state index in [1.807, 2.05) is 91.0 Å². The topological polar surface area (TPSA) is 140 Å². The Kier molecular flexibility index (Phi) is 23.2. The fourth-order valence-corrected chi connectivity index (χ4v) is 20.6. The summed E-state index contributed by atoms with van der Waals surface area (Å²) in [6.45, 7) is 26.0. The van der Waals surface area contributed by atoms with Crippen LogP contribution in [0.15, 0.2) is 115 Å². The second kappa shape index (κ2) is 28.9. The molecular weight excluding hydrogens is 1090 g/mol. The molecule has 0 aliphatic carbocycles. The molecule has 3 saturated heterocycles. The summed E-state index contributed by atoms with van der Waals surface area (Å²) >= 11 is -0.231. The molecule has 4 aromatic rings. The molecule has 0 amide bonds. The monoisotopic (exact) mass is 1180 g/mol. The normalized spacial score (nSPS) is 28.4. The molecule has 0 bridgehead atoms. The Labute approximate surface area is 474 Å². The van der Waals surface area contributed by atoms with Crippen LogP contribution in [-0.2, 0) is 76.0 Å². The molecule has 0 saturated carbocycles. The standard InChI is InChI=1S/C61H90O14SeSi2/c1-40(2)78(41(3)4,42(5)6)75-52-50(37-63-10)72-59(56(65-12)55(52)68-36-44-26-20-16-21-27-44)73-58-54(67-35-43-24-18-15-19-25-43)51(62)48(38-69-58)71-60-57(76-47-28-22-17-23-29-47)53(74-77(13,14)61(7,8)9)49(39-70-60)66-34-45-30-32-46(64-11)33-31-45/h15-33,40-42,48-60,62H,34-39H2,1-14H3/t48-,49+,50+,51+,52+,53-,54+,55-,56-,57-,58-,59-,60+/m0/s1. The summed E-state index contributed by atoms with van der Waals surface area (Å²) in [6, 6.07) is 38.2. The van der Waals surface area contributed by atoms with E-state index in [0.717, 1.165) is 26.9 Å². The third-order valence-electron chi connectivity index (χ3n) is 16.1. The Hall–Kier alpha value is -2.89. The van der Waals surface area contributed by atoms with Gasteiger partial charge in [0.05, 0.1) is 6.61 Å². The predicted molar refractivity (Wildman–Crippen MR) is 308 cm³/mol. The first-order valence-electron chi connectivity index (χ1n) is 27.8. The van der Waals surface area contributed by atoms with E-state index >= 15 is 0 Å². The number of hydrogen-bond donors (Lipinski definition) is 1. The van der Waals surface area contributed by atoms with Crippen molar-refractivity contribution in [2.75, 3.05) is 41.2 Å². The van der Waals surface area contributed by atoms with Crippen LogP contribution in [0.5, 0.6) is 5.75 Å². The van der Waals surface area contributed by atoms with E-state index in [2.05, 4.69) is 99.7 Å². The van der Waals surface area contributed by atoms with Crippen molar-refractivity contribution in [3.05, 3.63) is 132 Å². The van der Waals surface area contributed by atoms with Gasteiger partial charge in [0.2, 0.25) is 8.32 Å². The molecule has 14 nitrogen and oxygen atoms in total. The maximum atomic E-state index is 12.8. The molecule has 0 spiro atoms. The number of aliphatic hydroxyl groups excluding tert-OH is 1. The Morgan fingerprint density at radius 2 is 1.10 bits per heavy atom. The molecule has 3 aliphatic heterocycles. The first kappa shape index (κ1) is 62.7. The minimum Gasteiger partial charge on any atom is -0.408 e. The molecule has 0 unspecified atom stereocenters. The molecule has 0 aromatic heterocycles. The summed E-state index contributed by atoms with van der Waals surface area (Å²) in [7, 11) is -0.0169. The van der Waals surface area contributed by atoms with E-state index in [9.17, 15) is 5.11 Å². The molecule has 13 atom stereocenters. The van der Waals surface area contributed by atoms with Gasteiger partial charge < -0.3 is 9.16 Å². The molecule has 78 heavy (non-hydrogen) atoms. The molecule has 17 heteroatoms. The summed E-state index contributed by atoms with van der Waals surface area (Å²) < 4.78 is 88.9. The molecule has 3 aliphatic rings. The molecule has 432 valence electrons. The fraction of sp³-hybridized carbons (Fsp3) is 0.607. The minimum atomic E-state index is -2.54. The third kappa shape index (κ3) is 15.6. The number of ether oxygens (including phenoxy) is 11. The first-order valence-corrected chi connectivity index (χ1v) is 34.7. The van der Waals surface area contributed by atoms with Gasteiger partial charge in [-0.25, -0.2) is 0 Å².